The molecule has 0 heterocycles. The fraction of sp³-hybridized carbons (Fsp3) is 0.667. The molecule has 29 heavy (non-hydrogen) atoms. The number of aryl methyl sites for hydroxylation is 3. The van der Waals surface area contributed by atoms with E-state index in [1.54, 1.807) is 0 Å². The van der Waals surface area contributed by atoms with E-state index in [1.807, 2.05) is 20.8 Å². The van der Waals surface area contributed by atoms with Crippen molar-refractivity contribution in [2.45, 2.75) is 98.3 Å². The van der Waals surface area contributed by atoms with Crippen LogP contribution in [0.1, 0.15) is 105 Å². The molecule has 0 aliphatic rings. The van der Waals surface area contributed by atoms with Crippen LogP contribution in [-0.2, 0) is 9.36 Å². The van der Waals surface area contributed by atoms with E-state index >= 15 is 0 Å². The molecule has 0 aromatic heterocycles. The smallest absolute Gasteiger partial charge is 0.310 e. The number of carboxylic acids is 1. The maximum atomic E-state index is 12.6. The van der Waals surface area contributed by atoms with Crippen molar-refractivity contribution in [3.63, 3.8) is 0 Å². The average molecular weight is 424 g/mol. The van der Waals surface area contributed by atoms with Crippen LogP contribution in [-0.4, -0.2) is 16.9 Å². The van der Waals surface area contributed by atoms with E-state index in [9.17, 15) is 14.7 Å². The van der Waals surface area contributed by atoms with E-state index in [4.69, 9.17) is 4.57 Å². The summed E-state index contributed by atoms with van der Waals surface area (Å²) in [5, 5.41) is 9.43. The fourth-order valence-electron chi connectivity index (χ4n) is 3.98. The van der Waals surface area contributed by atoms with Crippen molar-refractivity contribution in [2.75, 3.05) is 0 Å². The Kier molecular flexibility index (Phi) is 15.4. The molecule has 2 unspecified atom stereocenters. The molecular weight excluding hydrogens is 383 g/mol. The lowest BCUT2D eigenvalue weighted by atomic mass is 9.92. The second kappa shape index (κ2) is 16.3. The molecule has 5 heteroatoms. The van der Waals surface area contributed by atoms with Crippen LogP contribution in [0, 0.1) is 26.7 Å². The highest BCUT2D eigenvalue weighted by molar-refractivity contribution is 7.00. The number of aliphatic carboxylic acids is 1. The summed E-state index contributed by atoms with van der Waals surface area (Å²) in [7, 11) is 1.17. The van der Waals surface area contributed by atoms with Gasteiger partial charge in [-0.25, -0.2) is 0 Å². The van der Waals surface area contributed by atoms with E-state index in [2.05, 4.69) is 19.1 Å². The number of carbonyl (C=O) groups is 2. The zero-order chi connectivity index (χ0) is 22.2. The van der Waals surface area contributed by atoms with Gasteiger partial charge in [-0.2, -0.15) is 0 Å². The monoisotopic (exact) mass is 423 g/mol. The predicted octanol–water partition coefficient (Wildman–Crippen LogP) is 7.01. The molecule has 1 aromatic carbocycles. The molecule has 0 bridgehead atoms. The molecule has 4 nitrogen and oxygen atoms in total. The Balaban J connectivity index is 0.00000379. The first kappa shape index (κ1) is 27.5. The van der Waals surface area contributed by atoms with Gasteiger partial charge in [0.2, 0.25) is 0 Å². The molecule has 0 saturated heterocycles. The van der Waals surface area contributed by atoms with E-state index in [-0.39, 0.29) is 11.7 Å². The van der Waals surface area contributed by atoms with Crippen LogP contribution in [0.2, 0.25) is 0 Å². The third-order valence-corrected chi connectivity index (χ3v) is 5.42. The first-order chi connectivity index (χ1) is 13.9. The average Bonchev–Trinajstić information content (AvgIpc) is 2.66. The number of rotatable bonds is 14. The molecule has 1 aromatic rings. The van der Waals surface area contributed by atoms with Crippen molar-refractivity contribution in [2.24, 2.45) is 5.92 Å². The SMILES string of the molecule is CCCCCCCCC(CCCCC(=O)c1c(C)cc(C)cc1C)C(=O)O.O=[PH2+]. The number of unbranched alkanes of at least 4 members (excludes halogenated alkanes) is 6. The third kappa shape index (κ3) is 11.3. The van der Waals surface area contributed by atoms with Gasteiger partial charge in [0.1, 0.15) is 0 Å². The molecule has 0 aliphatic heterocycles. The highest BCUT2D eigenvalue weighted by Crippen LogP contribution is 2.22. The van der Waals surface area contributed by atoms with Crippen LogP contribution in [0.4, 0.5) is 0 Å². The van der Waals surface area contributed by atoms with Crippen LogP contribution >= 0.6 is 9.12 Å². The number of Topliss-reactive ketones (excluding diaryl/α,β-unsaturated/α-hetero) is 1. The predicted molar refractivity (Wildman–Crippen MR) is 123 cm³/mol. The van der Waals surface area contributed by atoms with Crippen molar-refractivity contribution in [1.29, 1.82) is 0 Å². The number of hydrogen-bond acceptors (Lipinski definition) is 3. The standard InChI is InChI=1S/C24H38O3.H2OP/c1-5-6-7-8-9-10-13-21(24(26)27)14-11-12-15-22(25)23-19(3)16-18(2)17-20(23)4;1-2/h16-17,21H,5-15H2,1-4H3,(H,26,27);2H2/q;+1. The molecule has 0 spiro atoms. The molecule has 2 atom stereocenters. The van der Waals surface area contributed by atoms with Gasteiger partial charge in [0.25, 0.3) is 0 Å². The minimum Gasteiger partial charge on any atom is -0.481 e. The van der Waals surface area contributed by atoms with E-state index in [1.165, 1.54) is 40.4 Å². The number of ketones is 1. The highest BCUT2D eigenvalue weighted by atomic mass is 31.0. The van der Waals surface area contributed by atoms with Crippen molar-refractivity contribution >= 4 is 20.9 Å². The van der Waals surface area contributed by atoms with Gasteiger partial charge >= 0.3 is 15.1 Å². The Morgan fingerprint density at radius 3 is 1.86 bits per heavy atom. The zero-order valence-corrected chi connectivity index (χ0v) is 19.9. The second-order valence-corrected chi connectivity index (χ2v) is 8.03. The van der Waals surface area contributed by atoms with E-state index in [0.29, 0.717) is 12.8 Å². The van der Waals surface area contributed by atoms with Gasteiger partial charge in [0.05, 0.1) is 5.92 Å². The summed E-state index contributed by atoms with van der Waals surface area (Å²) in [5.74, 6) is -0.748. The Labute approximate surface area is 179 Å². The van der Waals surface area contributed by atoms with Gasteiger partial charge in [0, 0.05) is 12.0 Å². The van der Waals surface area contributed by atoms with Gasteiger partial charge in [-0.05, 0) is 51.2 Å². The number of benzene rings is 1. The molecule has 0 radical (unpaired) electrons. The summed E-state index contributed by atoms with van der Waals surface area (Å²) in [6, 6.07) is 4.11. The third-order valence-electron chi connectivity index (χ3n) is 5.42. The van der Waals surface area contributed by atoms with Gasteiger partial charge < -0.3 is 5.11 Å². The van der Waals surface area contributed by atoms with Crippen LogP contribution in [0.5, 0.6) is 0 Å². The van der Waals surface area contributed by atoms with Crippen LogP contribution < -0.4 is 0 Å². The molecule has 1 rings (SSSR count). The second-order valence-electron chi connectivity index (χ2n) is 8.03. The van der Waals surface area contributed by atoms with Crippen molar-refractivity contribution < 1.29 is 19.3 Å². The normalized spacial score (nSPS) is 11.4. The van der Waals surface area contributed by atoms with Gasteiger partial charge in [-0.1, -0.05) is 74.1 Å². The molecule has 0 saturated carbocycles. The molecule has 0 fully saturated rings. The number of carbonyl (C=O) groups excluding carboxylic acids is 1. The van der Waals surface area contributed by atoms with Crippen molar-refractivity contribution in [1.82, 2.24) is 0 Å². The summed E-state index contributed by atoms with van der Waals surface area (Å²) in [4.78, 5) is 24.0. The minimum absolute atomic E-state index is 0.188. The van der Waals surface area contributed by atoms with Gasteiger partial charge in [-0.15, -0.1) is 0 Å². The van der Waals surface area contributed by atoms with Crippen molar-refractivity contribution in [3.05, 3.63) is 34.4 Å². The number of carboxylic acid groups (broad SMARTS) is 1. The molecule has 1 N–H and O–H groups in total. The summed E-state index contributed by atoms with van der Waals surface area (Å²) >= 11 is 0. The largest absolute Gasteiger partial charge is 0.481 e. The topological polar surface area (TPSA) is 71.4 Å². The first-order valence-electron chi connectivity index (χ1n) is 10.9. The number of hydrogen-bond donors (Lipinski definition) is 1. The summed E-state index contributed by atoms with van der Waals surface area (Å²) in [6.07, 6.45) is 10.7. The quantitative estimate of drug-likeness (QED) is 0.198. The van der Waals surface area contributed by atoms with E-state index in [0.717, 1.165) is 48.8 Å². The van der Waals surface area contributed by atoms with Crippen LogP contribution in [0.15, 0.2) is 12.1 Å². The van der Waals surface area contributed by atoms with Crippen LogP contribution in [0.25, 0.3) is 0 Å². The first-order valence-corrected chi connectivity index (χ1v) is 11.4. The Morgan fingerprint density at radius 2 is 1.34 bits per heavy atom. The van der Waals surface area contributed by atoms with Crippen molar-refractivity contribution in [3.8, 4) is 0 Å². The zero-order valence-electron chi connectivity index (χ0n) is 18.8. The minimum atomic E-state index is -0.680. The summed E-state index contributed by atoms with van der Waals surface area (Å²) in [5.41, 5.74) is 4.12. The highest BCUT2D eigenvalue weighted by Gasteiger charge is 2.17. The lowest BCUT2D eigenvalue weighted by molar-refractivity contribution is -0.142. The lowest BCUT2D eigenvalue weighted by Gasteiger charge is -2.13. The maximum Gasteiger partial charge on any atom is 0.310 e. The molecule has 164 valence electrons. The van der Waals surface area contributed by atoms with Crippen LogP contribution in [0.3, 0.4) is 0 Å². The fourth-order valence-corrected chi connectivity index (χ4v) is 3.98. The molecule has 0 aliphatic carbocycles. The Bertz CT molecular complexity index is 604. The Morgan fingerprint density at radius 1 is 0.862 bits per heavy atom. The van der Waals surface area contributed by atoms with E-state index < -0.39 is 5.97 Å². The van der Waals surface area contributed by atoms with Gasteiger partial charge in [-0.3, -0.25) is 9.59 Å². The molecular formula is C24H40O4P+. The lowest BCUT2D eigenvalue weighted by Crippen LogP contribution is -2.14. The molecule has 0 amide bonds. The Hall–Kier alpha value is -1.54. The maximum absolute atomic E-state index is 12.6. The van der Waals surface area contributed by atoms with Gasteiger partial charge in [0.15, 0.2) is 5.78 Å². The summed E-state index contributed by atoms with van der Waals surface area (Å²) in [6.45, 7) is 8.24. The summed E-state index contributed by atoms with van der Waals surface area (Å²) < 4.78 is 8.17.